The fourth-order valence-corrected chi connectivity index (χ4v) is 3.96. The molecule has 0 bridgehead atoms. The molecule has 6 heteroatoms. The van der Waals surface area contributed by atoms with Crippen LogP contribution < -0.4 is 0 Å². The van der Waals surface area contributed by atoms with Crippen LogP contribution in [0.3, 0.4) is 0 Å². The molecule has 0 spiro atoms. The number of nitrogens with zero attached hydrogens (tertiary/aromatic N) is 3. The molecule has 0 radical (unpaired) electrons. The Bertz CT molecular complexity index is 858. The highest BCUT2D eigenvalue weighted by molar-refractivity contribution is 5.97. The lowest BCUT2D eigenvalue weighted by atomic mass is 9.96. The van der Waals surface area contributed by atoms with Gasteiger partial charge in [0.05, 0.1) is 35.2 Å². The van der Waals surface area contributed by atoms with Gasteiger partial charge in [0.15, 0.2) is 0 Å². The average molecular weight is 398 g/mol. The van der Waals surface area contributed by atoms with Crippen molar-refractivity contribution in [1.29, 1.82) is 0 Å². The summed E-state index contributed by atoms with van der Waals surface area (Å²) in [5, 5.41) is 4.80. The van der Waals surface area contributed by atoms with Crippen molar-refractivity contribution in [2.24, 2.45) is 11.8 Å². The third-order valence-corrected chi connectivity index (χ3v) is 5.33. The number of esters is 1. The van der Waals surface area contributed by atoms with Crippen molar-refractivity contribution in [3.05, 3.63) is 47.3 Å². The molecule has 1 saturated heterocycles. The minimum Gasteiger partial charge on any atom is -0.466 e. The number of hydrogen-bond acceptors (Lipinski definition) is 4. The fraction of sp³-hybridized carbons (Fsp3) is 0.522. The van der Waals surface area contributed by atoms with E-state index in [2.05, 4.69) is 13.8 Å². The molecule has 0 saturated carbocycles. The number of para-hydroxylation sites is 1. The molecule has 1 aromatic heterocycles. The standard InChI is InChI=1S/C23H31N3O3/c1-5-29-23(28)18-10-9-13-25(15-18)22(27)21-17(4)26(19-11-7-6-8-12-19)24-20(21)14-16(2)3/h6-8,11-12,16,18H,5,9-10,13-15H2,1-4H3/t18-/m0/s1. The molecule has 0 unspecified atom stereocenters. The van der Waals surface area contributed by atoms with Crippen molar-refractivity contribution in [3.8, 4) is 5.69 Å². The number of aromatic nitrogens is 2. The van der Waals surface area contributed by atoms with Gasteiger partial charge in [0.1, 0.15) is 0 Å². The summed E-state index contributed by atoms with van der Waals surface area (Å²) in [4.78, 5) is 27.5. The molecule has 29 heavy (non-hydrogen) atoms. The molecule has 2 aromatic rings. The van der Waals surface area contributed by atoms with Gasteiger partial charge in [-0.25, -0.2) is 4.68 Å². The number of rotatable bonds is 6. The van der Waals surface area contributed by atoms with E-state index in [1.165, 1.54) is 0 Å². The normalized spacial score (nSPS) is 16.9. The van der Waals surface area contributed by atoms with Crippen LogP contribution in [-0.4, -0.2) is 46.3 Å². The first-order valence-corrected chi connectivity index (χ1v) is 10.5. The summed E-state index contributed by atoms with van der Waals surface area (Å²) < 4.78 is 7.04. The molecule has 1 amide bonds. The number of hydrogen-bond donors (Lipinski definition) is 0. The maximum absolute atomic E-state index is 13.5. The van der Waals surface area contributed by atoms with E-state index in [0.717, 1.165) is 36.3 Å². The van der Waals surface area contributed by atoms with Crippen LogP contribution in [0, 0.1) is 18.8 Å². The molecule has 1 fully saturated rings. The Morgan fingerprint density at radius 2 is 1.97 bits per heavy atom. The first-order chi connectivity index (χ1) is 13.9. The molecular weight excluding hydrogens is 366 g/mol. The van der Waals surface area contributed by atoms with E-state index < -0.39 is 0 Å². The van der Waals surface area contributed by atoms with Gasteiger partial charge < -0.3 is 9.64 Å². The second kappa shape index (κ2) is 9.25. The maximum Gasteiger partial charge on any atom is 0.310 e. The number of benzene rings is 1. The minimum absolute atomic E-state index is 0.0330. The highest BCUT2D eigenvalue weighted by atomic mass is 16.5. The molecule has 156 valence electrons. The maximum atomic E-state index is 13.5. The molecular formula is C23H31N3O3. The molecule has 1 aliphatic heterocycles. The second-order valence-corrected chi connectivity index (χ2v) is 8.09. The Morgan fingerprint density at radius 1 is 1.24 bits per heavy atom. The monoisotopic (exact) mass is 397 g/mol. The van der Waals surface area contributed by atoms with Gasteiger partial charge >= 0.3 is 5.97 Å². The number of piperidine rings is 1. The first-order valence-electron chi connectivity index (χ1n) is 10.5. The summed E-state index contributed by atoms with van der Waals surface area (Å²) in [6.07, 6.45) is 2.31. The summed E-state index contributed by atoms with van der Waals surface area (Å²) in [6, 6.07) is 9.88. The summed E-state index contributed by atoms with van der Waals surface area (Å²) in [5.74, 6) is -0.0992. The lowest BCUT2D eigenvalue weighted by Gasteiger charge is -2.31. The second-order valence-electron chi connectivity index (χ2n) is 8.09. The lowest BCUT2D eigenvalue weighted by Crippen LogP contribution is -2.43. The molecule has 6 nitrogen and oxygen atoms in total. The van der Waals surface area contributed by atoms with Gasteiger partial charge in [0.25, 0.3) is 5.91 Å². The Hall–Kier alpha value is -2.63. The Morgan fingerprint density at radius 3 is 2.62 bits per heavy atom. The van der Waals surface area contributed by atoms with Gasteiger partial charge in [-0.1, -0.05) is 32.0 Å². The van der Waals surface area contributed by atoms with Gasteiger partial charge in [-0.15, -0.1) is 0 Å². The van der Waals surface area contributed by atoms with E-state index in [1.807, 2.05) is 48.9 Å². The zero-order valence-corrected chi connectivity index (χ0v) is 17.9. The predicted molar refractivity (Wildman–Crippen MR) is 112 cm³/mol. The molecule has 1 atom stereocenters. The Kier molecular flexibility index (Phi) is 6.72. The van der Waals surface area contributed by atoms with Crippen LogP contribution in [0.4, 0.5) is 0 Å². The number of likely N-dealkylation sites (tertiary alicyclic amines) is 1. The van der Waals surface area contributed by atoms with Crippen molar-refractivity contribution in [2.45, 2.75) is 47.0 Å². The van der Waals surface area contributed by atoms with Gasteiger partial charge in [-0.05, 0) is 51.2 Å². The SMILES string of the molecule is CCOC(=O)[C@H]1CCCN(C(=O)c2c(CC(C)C)nn(-c3ccccc3)c2C)C1. The van der Waals surface area contributed by atoms with Crippen molar-refractivity contribution >= 4 is 11.9 Å². The topological polar surface area (TPSA) is 64.4 Å². The van der Waals surface area contributed by atoms with E-state index in [4.69, 9.17) is 9.84 Å². The number of ether oxygens (including phenoxy) is 1. The third kappa shape index (κ3) is 4.69. The summed E-state index contributed by atoms with van der Waals surface area (Å²) in [6.45, 7) is 9.45. The molecule has 1 aliphatic rings. The fourth-order valence-electron chi connectivity index (χ4n) is 3.96. The van der Waals surface area contributed by atoms with Crippen LogP contribution in [0.15, 0.2) is 30.3 Å². The number of carbonyl (C=O) groups excluding carboxylic acids is 2. The largest absolute Gasteiger partial charge is 0.466 e. The number of carbonyl (C=O) groups is 2. The van der Waals surface area contributed by atoms with E-state index in [-0.39, 0.29) is 17.8 Å². The van der Waals surface area contributed by atoms with Crippen LogP contribution in [-0.2, 0) is 16.0 Å². The van der Waals surface area contributed by atoms with Crippen LogP contribution in [0.2, 0.25) is 0 Å². The summed E-state index contributed by atoms with van der Waals surface area (Å²) >= 11 is 0. The molecule has 3 rings (SSSR count). The van der Waals surface area contributed by atoms with Gasteiger partial charge in [-0.2, -0.15) is 5.10 Å². The van der Waals surface area contributed by atoms with Crippen LogP contribution in [0.5, 0.6) is 0 Å². The smallest absolute Gasteiger partial charge is 0.310 e. The van der Waals surface area contributed by atoms with Crippen LogP contribution in [0.1, 0.15) is 55.4 Å². The van der Waals surface area contributed by atoms with Crippen LogP contribution >= 0.6 is 0 Å². The van der Waals surface area contributed by atoms with E-state index in [1.54, 1.807) is 4.90 Å². The molecule has 0 N–H and O–H groups in total. The van der Waals surface area contributed by atoms with Gasteiger partial charge in [-0.3, -0.25) is 9.59 Å². The van der Waals surface area contributed by atoms with Crippen LogP contribution in [0.25, 0.3) is 5.69 Å². The Balaban J connectivity index is 1.92. The molecule has 0 aliphatic carbocycles. The number of amides is 1. The molecule has 2 heterocycles. The lowest BCUT2D eigenvalue weighted by molar-refractivity contribution is -0.149. The zero-order chi connectivity index (χ0) is 21.0. The quantitative estimate of drug-likeness (QED) is 0.696. The summed E-state index contributed by atoms with van der Waals surface area (Å²) in [5.41, 5.74) is 3.28. The van der Waals surface area contributed by atoms with Crippen molar-refractivity contribution in [3.63, 3.8) is 0 Å². The third-order valence-electron chi connectivity index (χ3n) is 5.33. The van der Waals surface area contributed by atoms with Gasteiger partial charge in [0.2, 0.25) is 0 Å². The van der Waals surface area contributed by atoms with E-state index in [0.29, 0.717) is 31.2 Å². The van der Waals surface area contributed by atoms with E-state index in [9.17, 15) is 9.59 Å². The van der Waals surface area contributed by atoms with E-state index >= 15 is 0 Å². The van der Waals surface area contributed by atoms with Gasteiger partial charge in [0, 0.05) is 13.1 Å². The first kappa shape index (κ1) is 21.1. The van der Waals surface area contributed by atoms with Crippen molar-refractivity contribution < 1.29 is 14.3 Å². The summed E-state index contributed by atoms with van der Waals surface area (Å²) in [7, 11) is 0. The Labute approximate surface area is 172 Å². The highest BCUT2D eigenvalue weighted by Crippen LogP contribution is 2.25. The highest BCUT2D eigenvalue weighted by Gasteiger charge is 2.33. The zero-order valence-electron chi connectivity index (χ0n) is 17.9. The van der Waals surface area contributed by atoms with Crippen molar-refractivity contribution in [2.75, 3.05) is 19.7 Å². The predicted octanol–water partition coefficient (Wildman–Crippen LogP) is 3.79. The van der Waals surface area contributed by atoms with Crippen molar-refractivity contribution in [1.82, 2.24) is 14.7 Å². The average Bonchev–Trinajstić information content (AvgIpc) is 3.03. The minimum atomic E-state index is -0.245. The molecule has 1 aromatic carbocycles.